The van der Waals surface area contributed by atoms with Crippen molar-refractivity contribution >= 4 is 45.0 Å². The molecule has 2 nitrogen and oxygen atoms in total. The van der Waals surface area contributed by atoms with Crippen LogP contribution in [0.3, 0.4) is 0 Å². The molecule has 3 saturated heterocycles. The van der Waals surface area contributed by atoms with Gasteiger partial charge < -0.3 is 4.48 Å². The van der Waals surface area contributed by atoms with E-state index in [1.54, 1.807) is 0 Å². The van der Waals surface area contributed by atoms with E-state index in [-0.39, 0.29) is 0 Å². The predicted molar refractivity (Wildman–Crippen MR) is 111 cm³/mol. The summed E-state index contributed by atoms with van der Waals surface area (Å²) in [4.78, 5) is 2.64. The first-order chi connectivity index (χ1) is 11.3. The average molecular weight is 624 g/mol. The van der Waals surface area contributed by atoms with Gasteiger partial charge in [0.25, 0.3) is 0 Å². The predicted octanol–water partition coefficient (Wildman–Crippen LogP) is 7.65. The summed E-state index contributed by atoms with van der Waals surface area (Å²) in [5.74, 6) is 0. The van der Waals surface area contributed by atoms with Crippen molar-refractivity contribution in [1.29, 1.82) is 0 Å². The van der Waals surface area contributed by atoms with Crippen molar-refractivity contribution in [2.24, 2.45) is 0 Å². The molecule has 0 unspecified atom stereocenters. The van der Waals surface area contributed by atoms with E-state index in [1.807, 2.05) is 0 Å². The molecule has 0 saturated carbocycles. The van der Waals surface area contributed by atoms with E-state index in [9.17, 15) is 25.2 Å². The molecule has 2 bridgehead atoms. The SMILES string of the molecule is CCCCCCCC[N+]12CCN(CC1)CC2.F[P-](F)(F)(F)(F)F.II. The Bertz CT molecular complexity index is 346. The van der Waals surface area contributed by atoms with Crippen LogP contribution in [0.2, 0.25) is 0 Å². The molecule has 11 heteroatoms. The molecule has 3 aliphatic heterocycles. The molecule has 25 heavy (non-hydrogen) atoms. The second-order valence-electron chi connectivity index (χ2n) is 6.80. The van der Waals surface area contributed by atoms with Crippen molar-refractivity contribution in [3.8, 4) is 0 Å². The molecular formula is C14H29F6I2N2P. The maximum absolute atomic E-state index is 10.7. The van der Waals surface area contributed by atoms with Crippen LogP contribution in [-0.2, 0) is 0 Å². The van der Waals surface area contributed by atoms with E-state index in [4.69, 9.17) is 0 Å². The quantitative estimate of drug-likeness (QED) is 0.0926. The van der Waals surface area contributed by atoms with Crippen molar-refractivity contribution in [2.45, 2.75) is 45.4 Å². The van der Waals surface area contributed by atoms with Crippen molar-refractivity contribution in [1.82, 2.24) is 4.90 Å². The Morgan fingerprint density at radius 3 is 1.52 bits per heavy atom. The smallest absolute Gasteiger partial charge is 0 e. The topological polar surface area (TPSA) is 3.24 Å². The average Bonchev–Trinajstić information content (AvgIpc) is 2.51. The summed E-state index contributed by atoms with van der Waals surface area (Å²) in [6, 6.07) is 0. The standard InChI is InChI=1S/C14H29N2.F6P.I2/c1-2-3-4-5-6-7-11-16-12-8-15(9-13-16)10-14-16;1-7(2,3,4,5)6;1-2/h2-14H2,1H3;;/q+1;-1;. The summed E-state index contributed by atoms with van der Waals surface area (Å²) < 4.78 is 60.7. The molecule has 156 valence electrons. The van der Waals surface area contributed by atoms with E-state index in [1.165, 1.54) is 88.8 Å². The molecule has 0 N–H and O–H groups in total. The Morgan fingerprint density at radius 1 is 0.760 bits per heavy atom. The van der Waals surface area contributed by atoms with Gasteiger partial charge in [-0.3, -0.25) is 4.90 Å². The second-order valence-corrected chi connectivity index (χ2v) is 8.72. The molecule has 0 aromatic heterocycles. The number of hydrogen-bond acceptors (Lipinski definition) is 1. The van der Waals surface area contributed by atoms with Crippen molar-refractivity contribution in [2.75, 3.05) is 45.8 Å². The molecule has 3 fully saturated rings. The number of unbranched alkanes of at least 4 members (excludes halogenated alkanes) is 5. The third-order valence-electron chi connectivity index (χ3n) is 4.66. The Hall–Kier alpha value is 1.39. The van der Waals surface area contributed by atoms with Crippen molar-refractivity contribution in [3.05, 3.63) is 0 Å². The van der Waals surface area contributed by atoms with Gasteiger partial charge >= 0.3 is 33.0 Å². The zero-order valence-electron chi connectivity index (χ0n) is 14.6. The number of piperazine rings is 3. The summed E-state index contributed by atoms with van der Waals surface area (Å²) >= 11 is 4.24. The molecular weight excluding hydrogens is 595 g/mol. The van der Waals surface area contributed by atoms with E-state index in [0.29, 0.717) is 0 Å². The molecule has 3 aliphatic rings. The van der Waals surface area contributed by atoms with Gasteiger partial charge in [0, 0.05) is 56.9 Å². The normalized spacial score (nSPS) is 28.0. The molecule has 3 rings (SSSR count). The Kier molecular flexibility index (Phi) is 10.8. The zero-order valence-corrected chi connectivity index (χ0v) is 19.8. The van der Waals surface area contributed by atoms with Gasteiger partial charge in [-0.1, -0.05) is 32.6 Å². The summed E-state index contributed by atoms with van der Waals surface area (Å²) in [6.45, 7) is 12.2. The molecule has 0 atom stereocenters. The van der Waals surface area contributed by atoms with Crippen LogP contribution in [0.4, 0.5) is 25.2 Å². The molecule has 0 amide bonds. The fourth-order valence-corrected chi connectivity index (χ4v) is 3.29. The van der Waals surface area contributed by atoms with Gasteiger partial charge in [0.1, 0.15) is 0 Å². The number of hydrogen-bond donors (Lipinski definition) is 0. The molecule has 0 aromatic carbocycles. The van der Waals surface area contributed by atoms with Crippen LogP contribution in [0.5, 0.6) is 0 Å². The van der Waals surface area contributed by atoms with E-state index in [0.717, 1.165) is 0 Å². The third kappa shape index (κ3) is 17.2. The van der Waals surface area contributed by atoms with E-state index >= 15 is 0 Å². The summed E-state index contributed by atoms with van der Waals surface area (Å²) in [5.41, 5.74) is 0. The molecule has 3 heterocycles. The Balaban J connectivity index is 0.000000544. The maximum Gasteiger partial charge on any atom is 0 e. The van der Waals surface area contributed by atoms with Gasteiger partial charge in [0.05, 0.1) is 26.2 Å². The Morgan fingerprint density at radius 2 is 1.12 bits per heavy atom. The van der Waals surface area contributed by atoms with Crippen LogP contribution in [0.1, 0.15) is 45.4 Å². The first-order valence-corrected chi connectivity index (χ1v) is 16.9. The summed E-state index contributed by atoms with van der Waals surface area (Å²) in [7, 11) is -10.7. The van der Waals surface area contributed by atoms with Crippen LogP contribution in [0.25, 0.3) is 0 Å². The second kappa shape index (κ2) is 10.2. The number of halogens is 8. The third-order valence-corrected chi connectivity index (χ3v) is 4.66. The van der Waals surface area contributed by atoms with Gasteiger partial charge in [0.2, 0.25) is 0 Å². The fourth-order valence-electron chi connectivity index (χ4n) is 3.29. The largest absolute Gasteiger partial charge is 0 e. The number of nitrogens with zero attached hydrogens (tertiary/aromatic N) is 2. The minimum atomic E-state index is -10.7. The van der Waals surface area contributed by atoms with Gasteiger partial charge in [-0.05, 0) is 12.8 Å². The zero-order chi connectivity index (χ0) is 19.7. The summed E-state index contributed by atoms with van der Waals surface area (Å²) in [5, 5.41) is 0. The van der Waals surface area contributed by atoms with Gasteiger partial charge in [0.15, 0.2) is 0 Å². The Labute approximate surface area is 170 Å². The molecule has 0 radical (unpaired) electrons. The van der Waals surface area contributed by atoms with Crippen LogP contribution >= 0.6 is 45.0 Å². The molecule has 0 aliphatic carbocycles. The maximum atomic E-state index is 9.87. The van der Waals surface area contributed by atoms with Crippen molar-refractivity contribution < 1.29 is 29.7 Å². The number of rotatable bonds is 7. The number of quaternary nitrogens is 1. The fraction of sp³-hybridized carbons (Fsp3) is 1.00. The summed E-state index contributed by atoms with van der Waals surface area (Å²) in [6.07, 6.45) is 8.70. The van der Waals surface area contributed by atoms with Crippen LogP contribution < -0.4 is 0 Å². The van der Waals surface area contributed by atoms with Gasteiger partial charge in [-0.15, -0.1) is 0 Å². The van der Waals surface area contributed by atoms with Crippen molar-refractivity contribution in [3.63, 3.8) is 0 Å². The minimum Gasteiger partial charge on any atom is 0 e. The minimum absolute atomic E-state index is 1.37. The first-order valence-electron chi connectivity index (χ1n) is 8.58. The molecule has 0 aromatic rings. The monoisotopic (exact) mass is 624 g/mol. The van der Waals surface area contributed by atoms with Gasteiger partial charge in [-0.25, -0.2) is 0 Å². The molecule has 0 spiro atoms. The van der Waals surface area contributed by atoms with Crippen LogP contribution in [0, 0.1) is 0 Å². The van der Waals surface area contributed by atoms with Crippen LogP contribution in [0.15, 0.2) is 0 Å². The van der Waals surface area contributed by atoms with E-state index < -0.39 is 7.81 Å². The van der Waals surface area contributed by atoms with Gasteiger partial charge in [-0.2, -0.15) is 0 Å². The number of fused-ring (bicyclic) bond motifs is 3. The van der Waals surface area contributed by atoms with Crippen LogP contribution in [-0.4, -0.2) is 55.2 Å². The first kappa shape index (κ1) is 26.4. The van der Waals surface area contributed by atoms with E-state index in [2.05, 4.69) is 49.1 Å².